The van der Waals surface area contributed by atoms with Gasteiger partial charge in [-0.1, -0.05) is 17.7 Å². The maximum Gasteiger partial charge on any atom is 0.287 e. The van der Waals surface area contributed by atoms with E-state index in [1.54, 1.807) is 13.0 Å². The Labute approximate surface area is 121 Å². The smallest absolute Gasteiger partial charge is 0.287 e. The van der Waals surface area contributed by atoms with Crippen LogP contribution in [0.15, 0.2) is 23.6 Å². The number of rotatable bonds is 6. The zero-order valence-corrected chi connectivity index (χ0v) is 12.0. The Bertz CT molecular complexity index is 580. The molecule has 1 aromatic heterocycles. The second kappa shape index (κ2) is 6.09. The number of allylic oxidation sites excluding steroid dienone is 1. The topological polar surface area (TPSA) is 76.0 Å². The predicted octanol–water partition coefficient (Wildman–Crippen LogP) is 1.16. The zero-order valence-electron chi connectivity index (χ0n) is 11.2. The van der Waals surface area contributed by atoms with Crippen molar-refractivity contribution < 1.29 is 4.79 Å². The number of carbonyl (C=O) groups excluding carboxylic acids is 1. The highest BCUT2D eigenvalue weighted by Gasteiger charge is 2.26. The van der Waals surface area contributed by atoms with E-state index in [4.69, 9.17) is 11.6 Å². The van der Waals surface area contributed by atoms with Crippen LogP contribution >= 0.6 is 11.6 Å². The van der Waals surface area contributed by atoms with Crippen LogP contribution in [-0.2, 0) is 11.3 Å². The minimum atomic E-state index is -0.482. The summed E-state index contributed by atoms with van der Waals surface area (Å²) < 4.78 is 1.20. The Kier molecular flexibility index (Phi) is 4.44. The van der Waals surface area contributed by atoms with Gasteiger partial charge in [0, 0.05) is 6.04 Å². The van der Waals surface area contributed by atoms with Crippen molar-refractivity contribution in [1.82, 2.24) is 15.1 Å². The van der Waals surface area contributed by atoms with E-state index in [1.807, 2.05) is 0 Å². The quantitative estimate of drug-likeness (QED) is 0.773. The third kappa shape index (κ3) is 3.39. The van der Waals surface area contributed by atoms with Crippen molar-refractivity contribution >= 4 is 23.2 Å². The highest BCUT2D eigenvalue weighted by atomic mass is 35.5. The van der Waals surface area contributed by atoms with Crippen molar-refractivity contribution in [3.63, 3.8) is 0 Å². The van der Waals surface area contributed by atoms with E-state index < -0.39 is 11.6 Å². The van der Waals surface area contributed by atoms with Gasteiger partial charge in [0.25, 0.3) is 5.56 Å². The molecule has 108 valence electrons. The highest BCUT2D eigenvalue weighted by Crippen LogP contribution is 2.20. The number of carbonyl (C=O) groups is 1. The lowest BCUT2D eigenvalue weighted by Crippen LogP contribution is -2.39. The number of hydrogen-bond donors (Lipinski definition) is 2. The molecule has 2 rings (SSSR count). The predicted molar refractivity (Wildman–Crippen MR) is 78.0 cm³/mol. The number of anilines is 1. The lowest BCUT2D eigenvalue weighted by atomic mass is 10.3. The van der Waals surface area contributed by atoms with E-state index in [0.29, 0.717) is 11.7 Å². The van der Waals surface area contributed by atoms with Crippen LogP contribution in [0.5, 0.6) is 0 Å². The van der Waals surface area contributed by atoms with E-state index in [-0.39, 0.29) is 17.5 Å². The van der Waals surface area contributed by atoms with Crippen LogP contribution in [0.4, 0.5) is 5.69 Å². The van der Waals surface area contributed by atoms with Gasteiger partial charge in [-0.15, -0.1) is 6.58 Å². The fourth-order valence-electron chi connectivity index (χ4n) is 1.67. The van der Waals surface area contributed by atoms with Gasteiger partial charge < -0.3 is 10.6 Å². The molecule has 1 atom stereocenters. The molecule has 1 fully saturated rings. The Morgan fingerprint density at radius 2 is 2.40 bits per heavy atom. The molecule has 1 aliphatic rings. The van der Waals surface area contributed by atoms with Crippen molar-refractivity contribution in [1.29, 1.82) is 0 Å². The first-order chi connectivity index (χ1) is 9.52. The van der Waals surface area contributed by atoms with E-state index >= 15 is 0 Å². The first kappa shape index (κ1) is 14.6. The molecular formula is C13H17ClN4O2. The minimum Gasteiger partial charge on any atom is -0.371 e. The normalized spacial score (nSPS) is 15.5. The molecule has 0 aromatic carbocycles. The second-order valence-corrected chi connectivity index (χ2v) is 5.18. The zero-order chi connectivity index (χ0) is 14.7. The molecule has 2 N–H and O–H groups in total. The van der Waals surface area contributed by atoms with Gasteiger partial charge in [0.05, 0.1) is 18.4 Å². The first-order valence-corrected chi connectivity index (χ1v) is 6.84. The van der Waals surface area contributed by atoms with Crippen molar-refractivity contribution in [2.45, 2.75) is 38.4 Å². The van der Waals surface area contributed by atoms with E-state index in [2.05, 4.69) is 22.3 Å². The van der Waals surface area contributed by atoms with Crippen molar-refractivity contribution in [2.24, 2.45) is 0 Å². The highest BCUT2D eigenvalue weighted by molar-refractivity contribution is 6.33. The Balaban J connectivity index is 2.08. The molecule has 1 saturated carbocycles. The molecule has 0 bridgehead atoms. The average molecular weight is 297 g/mol. The lowest BCUT2D eigenvalue weighted by molar-refractivity contribution is -0.121. The molecule has 1 heterocycles. The number of amides is 1. The standard InChI is InChI=1S/C13H17ClN4O2/c1-3-6-18-13(20)11(14)10(7-15-18)16-8(2)12(19)17-9-4-5-9/h3,7-9,16H,1,4-6H2,2H3,(H,17,19). The van der Waals surface area contributed by atoms with Gasteiger partial charge >= 0.3 is 0 Å². The third-order valence-electron chi connectivity index (χ3n) is 2.98. The fourth-order valence-corrected chi connectivity index (χ4v) is 1.87. The summed E-state index contributed by atoms with van der Waals surface area (Å²) in [6.45, 7) is 5.54. The largest absolute Gasteiger partial charge is 0.371 e. The Hall–Kier alpha value is -1.82. The molecule has 1 unspecified atom stereocenters. The summed E-state index contributed by atoms with van der Waals surface area (Å²) in [6, 6.07) is -0.189. The molecule has 1 aromatic rings. The van der Waals surface area contributed by atoms with Crippen LogP contribution in [0.1, 0.15) is 19.8 Å². The number of nitrogens with one attached hydrogen (secondary N) is 2. The number of nitrogens with zero attached hydrogens (tertiary/aromatic N) is 2. The molecule has 6 nitrogen and oxygen atoms in total. The van der Waals surface area contributed by atoms with Crippen molar-refractivity contribution in [3.8, 4) is 0 Å². The van der Waals surface area contributed by atoms with Crippen LogP contribution in [0.25, 0.3) is 0 Å². The van der Waals surface area contributed by atoms with Crippen molar-refractivity contribution in [2.75, 3.05) is 5.32 Å². The minimum absolute atomic E-state index is 0.0212. The summed E-state index contributed by atoms with van der Waals surface area (Å²) in [4.78, 5) is 23.7. The van der Waals surface area contributed by atoms with Gasteiger partial charge in [-0.25, -0.2) is 4.68 Å². The molecule has 20 heavy (non-hydrogen) atoms. The maximum absolute atomic E-state index is 11.9. The summed E-state index contributed by atoms with van der Waals surface area (Å²) >= 11 is 6.00. The molecule has 1 amide bonds. The van der Waals surface area contributed by atoms with Crippen molar-refractivity contribution in [3.05, 3.63) is 34.2 Å². The van der Waals surface area contributed by atoms with E-state index in [1.165, 1.54) is 10.9 Å². The SMILES string of the molecule is C=CCn1ncc(NC(C)C(=O)NC2CC2)c(Cl)c1=O. The number of halogens is 1. The molecular weight excluding hydrogens is 280 g/mol. The number of hydrogen-bond acceptors (Lipinski definition) is 4. The third-order valence-corrected chi connectivity index (χ3v) is 3.34. The van der Waals surface area contributed by atoms with Gasteiger partial charge in [0.1, 0.15) is 11.1 Å². The average Bonchev–Trinajstić information content (AvgIpc) is 3.22. The van der Waals surface area contributed by atoms with Crippen LogP contribution in [-0.4, -0.2) is 27.8 Å². The number of aromatic nitrogens is 2. The summed E-state index contributed by atoms with van der Waals surface area (Å²) in [5.74, 6) is -0.112. The Morgan fingerprint density at radius 3 is 3.00 bits per heavy atom. The second-order valence-electron chi connectivity index (χ2n) is 4.80. The summed E-state index contributed by atoms with van der Waals surface area (Å²) in [7, 11) is 0. The molecule has 0 aliphatic heterocycles. The van der Waals surface area contributed by atoms with Crippen LogP contribution < -0.4 is 16.2 Å². The maximum atomic E-state index is 11.9. The lowest BCUT2D eigenvalue weighted by Gasteiger charge is -2.16. The Morgan fingerprint density at radius 1 is 1.70 bits per heavy atom. The van der Waals surface area contributed by atoms with E-state index in [0.717, 1.165) is 12.8 Å². The summed E-state index contributed by atoms with van der Waals surface area (Å²) in [6.07, 6.45) is 5.05. The first-order valence-electron chi connectivity index (χ1n) is 6.46. The molecule has 7 heteroatoms. The van der Waals surface area contributed by atoms with Crippen LogP contribution in [0.3, 0.4) is 0 Å². The van der Waals surface area contributed by atoms with E-state index in [9.17, 15) is 9.59 Å². The molecule has 0 saturated heterocycles. The molecule has 1 aliphatic carbocycles. The fraction of sp³-hybridized carbons (Fsp3) is 0.462. The van der Waals surface area contributed by atoms with Gasteiger partial charge in [-0.2, -0.15) is 5.10 Å². The summed E-state index contributed by atoms with van der Waals surface area (Å²) in [5, 5.41) is 9.78. The molecule has 0 radical (unpaired) electrons. The van der Waals surface area contributed by atoms with Crippen LogP contribution in [0, 0.1) is 0 Å². The van der Waals surface area contributed by atoms with Gasteiger partial charge in [-0.3, -0.25) is 9.59 Å². The van der Waals surface area contributed by atoms with Crippen LogP contribution in [0.2, 0.25) is 5.02 Å². The van der Waals surface area contributed by atoms with Gasteiger partial charge in [0.15, 0.2) is 0 Å². The monoisotopic (exact) mass is 296 g/mol. The molecule has 0 spiro atoms. The summed E-state index contributed by atoms with van der Waals surface area (Å²) in [5.41, 5.74) is -0.0539. The van der Waals surface area contributed by atoms with Gasteiger partial charge in [0.2, 0.25) is 5.91 Å². The van der Waals surface area contributed by atoms with Gasteiger partial charge in [-0.05, 0) is 19.8 Å².